The summed E-state index contributed by atoms with van der Waals surface area (Å²) in [5, 5.41) is 10.9. The summed E-state index contributed by atoms with van der Waals surface area (Å²) in [5.74, 6) is 6.67. The Kier molecular flexibility index (Phi) is 14.9. The molecule has 3 unspecified atom stereocenters. The van der Waals surface area contributed by atoms with Crippen molar-refractivity contribution in [2.45, 2.75) is 130 Å². The van der Waals surface area contributed by atoms with Crippen molar-refractivity contribution in [1.82, 2.24) is 49.6 Å². The number of nitrogens with zero attached hydrogens (tertiary/aromatic N) is 10. The lowest BCUT2D eigenvalue weighted by Gasteiger charge is -2.26. The molecule has 2 saturated carbocycles. The van der Waals surface area contributed by atoms with Gasteiger partial charge in [-0.1, -0.05) is 65.3 Å². The van der Waals surface area contributed by atoms with Crippen LogP contribution < -0.4 is 15.4 Å². The number of anilines is 2. The van der Waals surface area contributed by atoms with Gasteiger partial charge in [0.15, 0.2) is 5.82 Å². The molecule has 3 atom stereocenters. The zero-order valence-electron chi connectivity index (χ0n) is 44.2. The maximum atomic E-state index is 13.7. The van der Waals surface area contributed by atoms with Gasteiger partial charge < -0.3 is 29.2 Å². The molecule has 1 aliphatic heterocycles. The minimum absolute atomic E-state index is 0.0318. The van der Waals surface area contributed by atoms with Crippen LogP contribution in [-0.2, 0) is 11.2 Å². The number of allylic oxidation sites excluding steroid dienone is 1. The van der Waals surface area contributed by atoms with Crippen LogP contribution in [0.25, 0.3) is 23.2 Å². The third kappa shape index (κ3) is 12.5. The van der Waals surface area contributed by atoms with Gasteiger partial charge in [0.2, 0.25) is 5.88 Å². The van der Waals surface area contributed by atoms with E-state index >= 15 is 0 Å². The second-order valence-electron chi connectivity index (χ2n) is 20.4. The summed E-state index contributed by atoms with van der Waals surface area (Å²) < 4.78 is 32.5. The summed E-state index contributed by atoms with van der Waals surface area (Å²) in [5.41, 5.74) is 13.7. The van der Waals surface area contributed by atoms with Crippen molar-refractivity contribution in [3.8, 4) is 23.0 Å². The molecule has 6 heterocycles. The third-order valence-corrected chi connectivity index (χ3v) is 14.1. The Balaban J connectivity index is 0.000000128. The Bertz CT molecular complexity index is 3290. The van der Waals surface area contributed by atoms with Crippen LogP contribution in [0.2, 0.25) is 0 Å². The number of hydrogen-bond donors (Lipinski definition) is 2. The molecule has 15 nitrogen and oxygen atoms in total. The fourth-order valence-electron chi connectivity index (χ4n) is 9.16. The summed E-state index contributed by atoms with van der Waals surface area (Å²) in [6, 6.07) is 27.3. The minimum atomic E-state index is -0.674. The molecular formula is C59H65FN12O3. The molecule has 3 aliphatic carbocycles. The van der Waals surface area contributed by atoms with Crippen molar-refractivity contribution in [1.29, 1.82) is 0 Å². The second-order valence-corrected chi connectivity index (χ2v) is 20.4. The third-order valence-electron chi connectivity index (χ3n) is 14.1. The normalized spacial score (nSPS) is 16.0. The van der Waals surface area contributed by atoms with Crippen LogP contribution in [0.5, 0.6) is 5.88 Å². The number of aryl methyl sites for hydroxylation is 4. The first kappa shape index (κ1) is 50.8. The Hall–Kier alpha value is -7.72. The highest BCUT2D eigenvalue weighted by molar-refractivity contribution is 5.71. The van der Waals surface area contributed by atoms with E-state index < -0.39 is 6.08 Å². The van der Waals surface area contributed by atoms with Gasteiger partial charge in [0.25, 0.3) is 5.89 Å². The van der Waals surface area contributed by atoms with E-state index in [9.17, 15) is 4.39 Å². The van der Waals surface area contributed by atoms with E-state index in [0.717, 1.165) is 94.1 Å². The van der Waals surface area contributed by atoms with Gasteiger partial charge in [0, 0.05) is 82.3 Å². The van der Waals surface area contributed by atoms with Gasteiger partial charge in [-0.15, -0.1) is 0 Å². The molecule has 0 bridgehead atoms. The summed E-state index contributed by atoms with van der Waals surface area (Å²) in [7, 11) is 0. The number of fused-ring (bicyclic) bond motifs is 1. The molecule has 0 amide bonds. The second kappa shape index (κ2) is 22.0. The van der Waals surface area contributed by atoms with Crippen molar-refractivity contribution < 1.29 is 18.4 Å². The molecule has 2 N–H and O–H groups in total. The number of aromatic nitrogens is 10. The van der Waals surface area contributed by atoms with Gasteiger partial charge in [0.1, 0.15) is 29.4 Å². The average Bonchev–Trinajstić information content (AvgIpc) is 4.27. The lowest BCUT2D eigenvalue weighted by Crippen LogP contribution is -2.25. The Morgan fingerprint density at radius 3 is 2.03 bits per heavy atom. The number of imidazole rings is 1. The molecule has 5 aromatic heterocycles. The molecule has 16 heteroatoms. The summed E-state index contributed by atoms with van der Waals surface area (Å²) >= 11 is 0. The van der Waals surface area contributed by atoms with E-state index in [1.165, 1.54) is 35.2 Å². The minimum Gasteiger partial charge on any atom is -0.469 e. The average molecular weight is 1010 g/mol. The molecule has 0 spiro atoms. The smallest absolute Gasteiger partial charge is 0.310 e. The van der Waals surface area contributed by atoms with Crippen LogP contribution in [0.4, 0.5) is 16.0 Å². The summed E-state index contributed by atoms with van der Waals surface area (Å²) in [6.07, 6.45) is 10.9. The summed E-state index contributed by atoms with van der Waals surface area (Å²) in [6.45, 7) is 19.6. The van der Waals surface area contributed by atoms with E-state index in [1.807, 2.05) is 91.2 Å². The predicted molar refractivity (Wildman–Crippen MR) is 287 cm³/mol. The van der Waals surface area contributed by atoms with Crippen molar-refractivity contribution >= 4 is 17.7 Å². The first-order valence-corrected chi connectivity index (χ1v) is 26.0. The predicted octanol–water partition coefficient (Wildman–Crippen LogP) is 12.7. The highest BCUT2D eigenvalue weighted by Gasteiger charge is 2.29. The molecule has 3 fully saturated rings. The Labute approximate surface area is 438 Å². The van der Waals surface area contributed by atoms with Gasteiger partial charge in [-0.25, -0.2) is 24.9 Å². The zero-order valence-corrected chi connectivity index (χ0v) is 44.2. The van der Waals surface area contributed by atoms with Crippen molar-refractivity contribution in [3.63, 3.8) is 0 Å². The van der Waals surface area contributed by atoms with Crippen LogP contribution in [0.3, 0.4) is 0 Å². The van der Waals surface area contributed by atoms with Gasteiger partial charge in [0.05, 0.1) is 30.9 Å². The first-order valence-electron chi connectivity index (χ1n) is 26.0. The molecule has 1 saturated heterocycles. The van der Waals surface area contributed by atoms with Crippen LogP contribution >= 0.6 is 0 Å². The maximum Gasteiger partial charge on any atom is 0.310 e. The molecular weight excluding hydrogens is 944 g/mol. The maximum absolute atomic E-state index is 13.7. The molecule has 386 valence electrons. The fraction of sp³-hybridized carbons (Fsp3) is 0.373. The van der Waals surface area contributed by atoms with Gasteiger partial charge in [-0.3, -0.25) is 0 Å². The van der Waals surface area contributed by atoms with E-state index in [1.54, 1.807) is 0 Å². The standard InChI is InChI=1S/C20H23N5.C20H22N4O2.C19H20FN3O/c1-13-10-20(24-15(3)22-13)23-14(2)16-6-8-18(9-7-16)25-11-19(21-12-25)17-4-5-17;1-11-12(2)21-14(4)22-19(11)25-13(3)15-5-9-17(10-6-15)20-23-18(24-26-20)16-7-8-16;1-11-7-16-17(8-11)22-19(20)23-18(16)21-12(2)13-3-5-14(6-4-13)15-9-24-10-15/h6-12,14,17H,4-5H2,1-3H3,(H,22,23,24);5-6,9-10,13,16H,7-8H2,1-4H3;3-7,12,15H,8-10H2,1-2H3,(H,21,22,23). The van der Waals surface area contributed by atoms with Crippen molar-refractivity contribution in [2.24, 2.45) is 0 Å². The van der Waals surface area contributed by atoms with E-state index in [-0.39, 0.29) is 18.2 Å². The molecule has 3 aromatic carbocycles. The fourth-order valence-corrected chi connectivity index (χ4v) is 9.16. The van der Waals surface area contributed by atoms with Gasteiger partial charge in [-0.05, 0) is 135 Å². The highest BCUT2D eigenvalue weighted by Crippen LogP contribution is 2.40. The Morgan fingerprint density at radius 2 is 1.36 bits per heavy atom. The van der Waals surface area contributed by atoms with Crippen LogP contribution in [0.1, 0.15) is 163 Å². The number of hydrogen-bond acceptors (Lipinski definition) is 14. The van der Waals surface area contributed by atoms with Crippen molar-refractivity contribution in [2.75, 3.05) is 23.8 Å². The van der Waals surface area contributed by atoms with Gasteiger partial charge in [-0.2, -0.15) is 19.3 Å². The number of ether oxygens (including phenoxy) is 2. The van der Waals surface area contributed by atoms with Gasteiger partial charge >= 0.3 is 6.08 Å². The van der Waals surface area contributed by atoms with Crippen LogP contribution in [0.15, 0.2) is 101 Å². The van der Waals surface area contributed by atoms with Crippen LogP contribution in [0, 0.1) is 40.7 Å². The molecule has 0 radical (unpaired) electrons. The van der Waals surface area contributed by atoms with E-state index in [0.29, 0.717) is 47.6 Å². The number of nitrogens with one attached hydrogen (secondary N) is 2. The number of rotatable bonds is 14. The lowest BCUT2D eigenvalue weighted by atomic mass is 9.95. The Morgan fingerprint density at radius 1 is 0.693 bits per heavy atom. The quantitative estimate of drug-likeness (QED) is 0.0984. The van der Waals surface area contributed by atoms with Crippen molar-refractivity contribution in [3.05, 3.63) is 177 Å². The first-order chi connectivity index (χ1) is 36.2. The topological polar surface area (TPSA) is 177 Å². The monoisotopic (exact) mass is 1010 g/mol. The largest absolute Gasteiger partial charge is 0.469 e. The van der Waals surface area contributed by atoms with E-state index in [4.69, 9.17) is 14.0 Å². The molecule has 75 heavy (non-hydrogen) atoms. The number of benzene rings is 3. The molecule has 8 aromatic rings. The SMILES string of the molecule is CC1=Cc2c(nc(F)nc2NC(C)c2ccc(C3COC3)cc2)C1.Cc1cc(NC(C)c2ccc(-n3cnc(C4CC4)c3)cc2)nc(C)n1.Cc1nc(C)c(C)c(OC(C)c2ccc(-c3nc(C4CC4)no3)cc2)n1. The number of halogens is 1. The lowest BCUT2D eigenvalue weighted by molar-refractivity contribution is 0.00841. The highest BCUT2D eigenvalue weighted by atomic mass is 19.1. The zero-order chi connectivity index (χ0) is 52.3. The van der Waals surface area contributed by atoms with Crippen LogP contribution in [-0.4, -0.2) is 62.8 Å². The summed E-state index contributed by atoms with van der Waals surface area (Å²) in [4.78, 5) is 34.4. The molecule has 4 aliphatic rings. The molecule has 12 rings (SSSR count). The van der Waals surface area contributed by atoms with E-state index in [2.05, 4.69) is 129 Å².